The third-order valence-corrected chi connectivity index (χ3v) is 6.73. The molecule has 0 bridgehead atoms. The van der Waals surface area contributed by atoms with Crippen molar-refractivity contribution in [2.75, 3.05) is 51.3 Å². The van der Waals surface area contributed by atoms with Gasteiger partial charge in [-0.25, -0.2) is 0 Å². The Hall–Kier alpha value is -2.64. The van der Waals surface area contributed by atoms with Crippen molar-refractivity contribution in [2.24, 2.45) is 0 Å². The number of nitro groups is 1. The molecule has 160 valence electrons. The van der Waals surface area contributed by atoms with Gasteiger partial charge in [0.15, 0.2) is 0 Å². The fraction of sp³-hybridized carbons (Fsp3) is 0.478. The second kappa shape index (κ2) is 9.45. The van der Waals surface area contributed by atoms with Crippen molar-refractivity contribution in [2.45, 2.75) is 25.4 Å². The first-order valence-electron chi connectivity index (χ1n) is 10.9. The molecular formula is C23H32N4O3+2. The summed E-state index contributed by atoms with van der Waals surface area (Å²) in [6, 6.07) is 16.2. The molecule has 0 amide bonds. The summed E-state index contributed by atoms with van der Waals surface area (Å²) in [5.41, 5.74) is 2.31. The third-order valence-electron chi connectivity index (χ3n) is 6.73. The number of nitrogens with zero attached hydrogens (tertiary/aromatic N) is 2. The lowest BCUT2D eigenvalue weighted by atomic mass is 10.0. The SMILES string of the molecule is COc1ccccc1N1CC[NH+](C2CC[NH+](Cc3ccccc3[N+](=O)[O-])CC2)CC1. The molecule has 0 aliphatic carbocycles. The van der Waals surface area contributed by atoms with Gasteiger partial charge in [0.1, 0.15) is 12.3 Å². The maximum Gasteiger partial charge on any atom is 0.278 e. The Labute approximate surface area is 178 Å². The molecule has 2 saturated heterocycles. The van der Waals surface area contributed by atoms with Gasteiger partial charge < -0.3 is 19.4 Å². The number of nitrogens with one attached hydrogen (secondary N) is 2. The summed E-state index contributed by atoms with van der Waals surface area (Å²) >= 11 is 0. The van der Waals surface area contributed by atoms with Crippen molar-refractivity contribution in [3.8, 4) is 5.75 Å². The molecule has 2 aliphatic rings. The summed E-state index contributed by atoms with van der Waals surface area (Å²) < 4.78 is 5.53. The van der Waals surface area contributed by atoms with Crippen molar-refractivity contribution in [1.82, 2.24) is 0 Å². The van der Waals surface area contributed by atoms with Crippen LogP contribution in [0.4, 0.5) is 11.4 Å². The molecule has 4 rings (SSSR count). The van der Waals surface area contributed by atoms with Crippen LogP contribution in [-0.2, 0) is 6.54 Å². The Morgan fingerprint density at radius 1 is 1.03 bits per heavy atom. The highest BCUT2D eigenvalue weighted by Gasteiger charge is 2.33. The zero-order valence-electron chi connectivity index (χ0n) is 17.7. The summed E-state index contributed by atoms with van der Waals surface area (Å²) in [5, 5.41) is 11.3. The molecule has 2 aromatic rings. The summed E-state index contributed by atoms with van der Waals surface area (Å²) in [6.07, 6.45) is 2.39. The van der Waals surface area contributed by atoms with Crippen molar-refractivity contribution in [3.05, 3.63) is 64.2 Å². The summed E-state index contributed by atoms with van der Waals surface area (Å²) in [4.78, 5) is 16.6. The normalized spacial score (nSPS) is 22.6. The van der Waals surface area contributed by atoms with Gasteiger partial charge in [-0.2, -0.15) is 0 Å². The molecule has 2 fully saturated rings. The largest absolute Gasteiger partial charge is 0.495 e. The topological polar surface area (TPSA) is 64.5 Å². The van der Waals surface area contributed by atoms with Crippen LogP contribution in [0.3, 0.4) is 0 Å². The first-order chi connectivity index (χ1) is 14.7. The lowest BCUT2D eigenvalue weighted by Gasteiger charge is -2.40. The number of para-hydroxylation sites is 3. The number of rotatable bonds is 6. The summed E-state index contributed by atoms with van der Waals surface area (Å²) in [6.45, 7) is 7.36. The van der Waals surface area contributed by atoms with E-state index in [1.165, 1.54) is 23.4 Å². The Balaban J connectivity index is 1.28. The Morgan fingerprint density at radius 3 is 2.40 bits per heavy atom. The summed E-state index contributed by atoms with van der Waals surface area (Å²) in [5.74, 6) is 0.952. The quantitative estimate of drug-likeness (QED) is 0.538. The fourth-order valence-corrected chi connectivity index (χ4v) is 5.05. The molecule has 2 aliphatic heterocycles. The van der Waals surface area contributed by atoms with Gasteiger partial charge in [0.2, 0.25) is 0 Å². The average Bonchev–Trinajstić information content (AvgIpc) is 2.80. The Morgan fingerprint density at radius 2 is 1.70 bits per heavy atom. The van der Waals surface area contributed by atoms with E-state index < -0.39 is 0 Å². The van der Waals surface area contributed by atoms with E-state index in [1.54, 1.807) is 24.1 Å². The highest BCUT2D eigenvalue weighted by Crippen LogP contribution is 2.27. The van der Waals surface area contributed by atoms with E-state index in [2.05, 4.69) is 17.0 Å². The third kappa shape index (κ3) is 4.57. The van der Waals surface area contributed by atoms with E-state index in [0.29, 0.717) is 6.04 Å². The van der Waals surface area contributed by atoms with E-state index in [0.717, 1.165) is 57.1 Å². The predicted octanol–water partition coefficient (Wildman–Crippen LogP) is 0.556. The monoisotopic (exact) mass is 412 g/mol. The second-order valence-electron chi connectivity index (χ2n) is 8.40. The van der Waals surface area contributed by atoms with Crippen LogP contribution in [0, 0.1) is 10.1 Å². The maximum atomic E-state index is 11.3. The van der Waals surface area contributed by atoms with Crippen molar-refractivity contribution in [1.29, 1.82) is 0 Å². The number of anilines is 1. The zero-order valence-corrected chi connectivity index (χ0v) is 17.7. The number of methoxy groups -OCH3 is 1. The highest BCUT2D eigenvalue weighted by molar-refractivity contribution is 5.58. The molecular weight excluding hydrogens is 380 g/mol. The van der Waals surface area contributed by atoms with Crippen molar-refractivity contribution < 1.29 is 19.5 Å². The molecule has 30 heavy (non-hydrogen) atoms. The van der Waals surface area contributed by atoms with E-state index in [1.807, 2.05) is 24.3 Å². The number of piperidine rings is 1. The van der Waals surface area contributed by atoms with E-state index in [-0.39, 0.29) is 10.6 Å². The summed E-state index contributed by atoms with van der Waals surface area (Å²) in [7, 11) is 1.74. The van der Waals surface area contributed by atoms with Gasteiger partial charge in [0.05, 0.1) is 68.6 Å². The van der Waals surface area contributed by atoms with Crippen LogP contribution in [0.2, 0.25) is 0 Å². The lowest BCUT2D eigenvalue weighted by Crippen LogP contribution is -3.21. The van der Waals surface area contributed by atoms with Crippen LogP contribution >= 0.6 is 0 Å². The molecule has 0 aromatic heterocycles. The molecule has 0 radical (unpaired) electrons. The number of quaternary nitrogens is 2. The molecule has 2 aromatic carbocycles. The maximum absolute atomic E-state index is 11.3. The highest BCUT2D eigenvalue weighted by atomic mass is 16.6. The number of nitro benzene ring substituents is 1. The van der Waals surface area contributed by atoms with Crippen molar-refractivity contribution >= 4 is 11.4 Å². The zero-order chi connectivity index (χ0) is 20.9. The fourth-order valence-electron chi connectivity index (χ4n) is 5.05. The van der Waals surface area contributed by atoms with Gasteiger partial charge in [-0.15, -0.1) is 0 Å². The Bertz CT molecular complexity index is 859. The lowest BCUT2D eigenvalue weighted by molar-refractivity contribution is -0.963. The number of hydrogen-bond donors (Lipinski definition) is 2. The number of likely N-dealkylation sites (tertiary alicyclic amines) is 1. The van der Waals surface area contributed by atoms with Crippen molar-refractivity contribution in [3.63, 3.8) is 0 Å². The van der Waals surface area contributed by atoms with Gasteiger partial charge in [0.25, 0.3) is 5.69 Å². The van der Waals surface area contributed by atoms with Crippen LogP contribution in [0.15, 0.2) is 48.5 Å². The van der Waals surface area contributed by atoms with Crippen LogP contribution in [0.1, 0.15) is 18.4 Å². The first kappa shape index (κ1) is 20.6. The van der Waals surface area contributed by atoms with Gasteiger partial charge >= 0.3 is 0 Å². The Kier molecular flexibility index (Phi) is 6.50. The second-order valence-corrected chi connectivity index (χ2v) is 8.40. The average molecular weight is 413 g/mol. The molecule has 2 N–H and O–H groups in total. The number of hydrogen-bond acceptors (Lipinski definition) is 4. The van der Waals surface area contributed by atoms with Gasteiger partial charge in [0, 0.05) is 18.9 Å². The van der Waals surface area contributed by atoms with E-state index in [4.69, 9.17) is 4.74 Å². The molecule has 0 atom stereocenters. The standard InChI is InChI=1S/C23H30N4O3/c1-30-23-9-5-4-8-22(23)26-16-14-25(15-17-26)20-10-12-24(13-11-20)18-19-6-2-3-7-21(19)27(28)29/h2-9,20H,10-18H2,1H3/p+2. The number of benzene rings is 2. The minimum Gasteiger partial charge on any atom is -0.495 e. The predicted molar refractivity (Wildman–Crippen MR) is 116 cm³/mol. The first-order valence-corrected chi connectivity index (χ1v) is 10.9. The van der Waals surface area contributed by atoms with Crippen LogP contribution in [0.25, 0.3) is 0 Å². The molecule has 0 spiro atoms. The molecule has 0 unspecified atom stereocenters. The van der Waals surface area contributed by atoms with Crippen LogP contribution < -0.4 is 19.4 Å². The smallest absolute Gasteiger partial charge is 0.278 e. The van der Waals surface area contributed by atoms with Gasteiger partial charge in [-0.05, 0) is 18.2 Å². The van der Waals surface area contributed by atoms with E-state index in [9.17, 15) is 10.1 Å². The van der Waals surface area contributed by atoms with Gasteiger partial charge in [-0.3, -0.25) is 10.1 Å². The van der Waals surface area contributed by atoms with E-state index >= 15 is 0 Å². The van der Waals surface area contributed by atoms with Crippen LogP contribution in [-0.4, -0.2) is 57.3 Å². The minimum absolute atomic E-state index is 0.255. The molecule has 0 saturated carbocycles. The molecule has 7 heteroatoms. The van der Waals surface area contributed by atoms with Crippen LogP contribution in [0.5, 0.6) is 5.75 Å². The number of ether oxygens (including phenoxy) is 1. The number of piperazine rings is 1. The van der Waals surface area contributed by atoms with Gasteiger partial charge in [-0.1, -0.05) is 24.3 Å². The minimum atomic E-state index is -0.257. The molecule has 2 heterocycles. The molecule has 7 nitrogen and oxygen atoms in total.